The van der Waals surface area contributed by atoms with Crippen LogP contribution < -0.4 is 9.64 Å². The number of para-hydroxylation sites is 1. The highest BCUT2D eigenvalue weighted by Crippen LogP contribution is 2.30. The van der Waals surface area contributed by atoms with E-state index < -0.39 is 5.97 Å². The Morgan fingerprint density at radius 1 is 1.09 bits per heavy atom. The number of anilines is 1. The number of carboxylic acid groups (broad SMARTS) is 1. The molecule has 23 heavy (non-hydrogen) atoms. The fourth-order valence-corrected chi connectivity index (χ4v) is 3.10. The zero-order valence-corrected chi connectivity index (χ0v) is 13.0. The lowest BCUT2D eigenvalue weighted by molar-refractivity contribution is -0.137. The van der Waals surface area contributed by atoms with Crippen LogP contribution in [0.25, 0.3) is 0 Å². The number of hydrogen-bond donors (Lipinski definition) is 1. The largest absolute Gasteiger partial charge is 0.481 e. The first-order valence-electron chi connectivity index (χ1n) is 8.04. The second-order valence-electron chi connectivity index (χ2n) is 5.83. The number of carbonyl (C=O) groups is 1. The highest BCUT2D eigenvalue weighted by molar-refractivity contribution is 5.66. The van der Waals surface area contributed by atoms with Crippen LogP contribution in [0, 0.1) is 0 Å². The summed E-state index contributed by atoms with van der Waals surface area (Å²) >= 11 is 0. The molecule has 0 bridgehead atoms. The molecule has 120 valence electrons. The van der Waals surface area contributed by atoms with E-state index in [0.717, 1.165) is 36.6 Å². The molecule has 0 unspecified atom stereocenters. The van der Waals surface area contributed by atoms with E-state index in [4.69, 9.17) is 9.84 Å². The van der Waals surface area contributed by atoms with Crippen LogP contribution in [0.3, 0.4) is 0 Å². The van der Waals surface area contributed by atoms with Gasteiger partial charge >= 0.3 is 5.97 Å². The van der Waals surface area contributed by atoms with E-state index in [1.54, 1.807) is 0 Å². The van der Waals surface area contributed by atoms with Gasteiger partial charge in [-0.25, -0.2) is 0 Å². The molecule has 2 aromatic carbocycles. The summed E-state index contributed by atoms with van der Waals surface area (Å²) in [5.74, 6) is 0.908. The molecule has 2 aromatic rings. The maximum Gasteiger partial charge on any atom is 0.303 e. The number of carboxylic acids is 1. The molecule has 1 saturated heterocycles. The first kappa shape index (κ1) is 15.4. The van der Waals surface area contributed by atoms with Crippen LogP contribution in [-0.2, 0) is 4.79 Å². The summed E-state index contributed by atoms with van der Waals surface area (Å²) in [5, 5.41) is 8.87. The molecule has 0 saturated carbocycles. The van der Waals surface area contributed by atoms with E-state index in [-0.39, 0.29) is 6.42 Å². The number of rotatable bonds is 6. The number of ether oxygens (including phenoxy) is 1. The Morgan fingerprint density at radius 2 is 1.78 bits per heavy atom. The van der Waals surface area contributed by atoms with Gasteiger partial charge in [0.1, 0.15) is 11.5 Å². The van der Waals surface area contributed by atoms with Gasteiger partial charge in [-0.15, -0.1) is 0 Å². The van der Waals surface area contributed by atoms with Crippen LogP contribution in [0.1, 0.15) is 25.7 Å². The average Bonchev–Trinajstić information content (AvgIpc) is 3.03. The van der Waals surface area contributed by atoms with Crippen molar-refractivity contribution in [2.24, 2.45) is 0 Å². The van der Waals surface area contributed by atoms with Gasteiger partial charge in [-0.2, -0.15) is 0 Å². The normalized spacial score (nSPS) is 17.2. The highest BCUT2D eigenvalue weighted by atomic mass is 16.5. The Hall–Kier alpha value is -2.49. The monoisotopic (exact) mass is 311 g/mol. The van der Waals surface area contributed by atoms with Crippen LogP contribution >= 0.6 is 0 Å². The standard InChI is InChI=1S/C19H21NO3/c21-19(22)13-10-15-5-4-14-20(15)16-8-11-18(12-9-16)23-17-6-2-1-3-7-17/h1-3,6-9,11-12,15H,4-5,10,13-14H2,(H,21,22)/t15-/m0/s1. The molecule has 1 fully saturated rings. The Kier molecular flexibility index (Phi) is 4.81. The lowest BCUT2D eigenvalue weighted by atomic mass is 10.1. The third-order valence-corrected chi connectivity index (χ3v) is 4.22. The smallest absolute Gasteiger partial charge is 0.303 e. The maximum absolute atomic E-state index is 10.8. The number of aliphatic carboxylic acids is 1. The summed E-state index contributed by atoms with van der Waals surface area (Å²) in [6, 6.07) is 18.1. The lowest BCUT2D eigenvalue weighted by Gasteiger charge is -2.26. The van der Waals surface area contributed by atoms with E-state index in [1.165, 1.54) is 0 Å². The number of nitrogens with zero attached hydrogens (tertiary/aromatic N) is 1. The molecule has 1 heterocycles. The topological polar surface area (TPSA) is 49.8 Å². The van der Waals surface area contributed by atoms with Gasteiger partial charge in [0.15, 0.2) is 0 Å². The van der Waals surface area contributed by atoms with Gasteiger partial charge in [-0.1, -0.05) is 18.2 Å². The van der Waals surface area contributed by atoms with Gasteiger partial charge in [0.2, 0.25) is 0 Å². The minimum Gasteiger partial charge on any atom is -0.481 e. The van der Waals surface area contributed by atoms with Gasteiger partial charge in [0, 0.05) is 24.7 Å². The first-order valence-corrected chi connectivity index (χ1v) is 8.04. The van der Waals surface area contributed by atoms with Crippen molar-refractivity contribution in [1.29, 1.82) is 0 Å². The predicted octanol–water partition coefficient (Wildman–Crippen LogP) is 4.31. The van der Waals surface area contributed by atoms with E-state index in [2.05, 4.69) is 17.0 Å². The quantitative estimate of drug-likeness (QED) is 0.863. The number of hydrogen-bond acceptors (Lipinski definition) is 3. The highest BCUT2D eigenvalue weighted by Gasteiger charge is 2.25. The summed E-state index contributed by atoms with van der Waals surface area (Å²) in [6.45, 7) is 0.989. The molecule has 1 aliphatic heterocycles. The Balaban J connectivity index is 1.65. The Labute approximate surface area is 136 Å². The summed E-state index contributed by atoms with van der Waals surface area (Å²) in [7, 11) is 0. The molecule has 0 spiro atoms. The van der Waals surface area contributed by atoms with Crippen molar-refractivity contribution in [3.05, 3.63) is 54.6 Å². The van der Waals surface area contributed by atoms with Crippen molar-refractivity contribution in [3.8, 4) is 11.5 Å². The van der Waals surface area contributed by atoms with E-state index in [1.807, 2.05) is 42.5 Å². The fourth-order valence-electron chi connectivity index (χ4n) is 3.10. The minimum absolute atomic E-state index is 0.233. The molecule has 4 heteroatoms. The molecule has 0 aromatic heterocycles. The van der Waals surface area contributed by atoms with Crippen molar-refractivity contribution in [1.82, 2.24) is 0 Å². The van der Waals surface area contributed by atoms with E-state index in [0.29, 0.717) is 12.5 Å². The zero-order valence-electron chi connectivity index (χ0n) is 13.0. The summed E-state index contributed by atoms with van der Waals surface area (Å²) < 4.78 is 5.81. The predicted molar refractivity (Wildman–Crippen MR) is 90.2 cm³/mol. The third-order valence-electron chi connectivity index (χ3n) is 4.22. The van der Waals surface area contributed by atoms with Gasteiger partial charge in [0.05, 0.1) is 0 Å². The average molecular weight is 311 g/mol. The summed E-state index contributed by atoms with van der Waals surface area (Å²) in [5.41, 5.74) is 1.14. The molecule has 3 rings (SSSR count). The van der Waals surface area contributed by atoms with Gasteiger partial charge in [-0.3, -0.25) is 4.79 Å². The maximum atomic E-state index is 10.8. The van der Waals surface area contributed by atoms with Crippen LogP contribution in [0.15, 0.2) is 54.6 Å². The Bertz CT molecular complexity index is 639. The van der Waals surface area contributed by atoms with Crippen LogP contribution in [0.5, 0.6) is 11.5 Å². The van der Waals surface area contributed by atoms with Gasteiger partial charge < -0.3 is 14.7 Å². The fraction of sp³-hybridized carbons (Fsp3) is 0.316. The summed E-state index contributed by atoms with van der Waals surface area (Å²) in [6.07, 6.45) is 3.12. The SMILES string of the molecule is O=C(O)CC[C@@H]1CCCN1c1ccc(Oc2ccccc2)cc1. The van der Waals surface area contributed by atoms with E-state index >= 15 is 0 Å². The molecule has 0 aliphatic carbocycles. The molecular weight excluding hydrogens is 290 g/mol. The first-order chi connectivity index (χ1) is 11.2. The van der Waals surface area contributed by atoms with Crippen molar-refractivity contribution >= 4 is 11.7 Å². The van der Waals surface area contributed by atoms with Crippen LogP contribution in [0.2, 0.25) is 0 Å². The zero-order chi connectivity index (χ0) is 16.1. The molecular formula is C19H21NO3. The molecule has 1 aliphatic rings. The molecule has 1 N–H and O–H groups in total. The molecule has 0 amide bonds. The third kappa shape index (κ3) is 4.03. The Morgan fingerprint density at radius 3 is 2.48 bits per heavy atom. The van der Waals surface area contributed by atoms with Crippen LogP contribution in [-0.4, -0.2) is 23.7 Å². The minimum atomic E-state index is -0.719. The molecule has 4 nitrogen and oxygen atoms in total. The molecule has 1 atom stereocenters. The van der Waals surface area contributed by atoms with Crippen molar-refractivity contribution < 1.29 is 14.6 Å². The lowest BCUT2D eigenvalue weighted by Crippen LogP contribution is -2.29. The van der Waals surface area contributed by atoms with Crippen molar-refractivity contribution in [2.75, 3.05) is 11.4 Å². The van der Waals surface area contributed by atoms with Gasteiger partial charge in [-0.05, 0) is 55.7 Å². The second kappa shape index (κ2) is 7.18. The van der Waals surface area contributed by atoms with Crippen molar-refractivity contribution in [2.45, 2.75) is 31.7 Å². The summed E-state index contributed by atoms with van der Waals surface area (Å²) in [4.78, 5) is 13.1. The second-order valence-corrected chi connectivity index (χ2v) is 5.83. The van der Waals surface area contributed by atoms with Crippen LogP contribution in [0.4, 0.5) is 5.69 Å². The molecule has 0 radical (unpaired) electrons. The van der Waals surface area contributed by atoms with Crippen molar-refractivity contribution in [3.63, 3.8) is 0 Å². The number of benzene rings is 2. The van der Waals surface area contributed by atoms with Gasteiger partial charge in [0.25, 0.3) is 0 Å². The van der Waals surface area contributed by atoms with E-state index in [9.17, 15) is 4.79 Å².